The highest BCUT2D eigenvalue weighted by molar-refractivity contribution is 7.10. The van der Waals surface area contributed by atoms with E-state index in [0.717, 1.165) is 28.9 Å². The monoisotopic (exact) mass is 532 g/mol. The van der Waals surface area contributed by atoms with E-state index in [9.17, 15) is 14.7 Å². The number of ether oxygens (including phenoxy) is 2. The topological polar surface area (TPSA) is 72.8 Å². The van der Waals surface area contributed by atoms with Crippen LogP contribution in [0.15, 0.2) is 35.2 Å². The van der Waals surface area contributed by atoms with Gasteiger partial charge in [0.25, 0.3) is 0 Å². The third-order valence-electron chi connectivity index (χ3n) is 10.4. The van der Waals surface area contributed by atoms with Crippen LogP contribution in [0, 0.1) is 41.4 Å². The summed E-state index contributed by atoms with van der Waals surface area (Å²) in [5, 5.41) is 14.0. The molecular weight excluding hydrogens is 496 g/mol. The molecule has 5 nitrogen and oxygen atoms in total. The summed E-state index contributed by atoms with van der Waals surface area (Å²) in [5.74, 6) is -0.405. The zero-order valence-corrected chi connectivity index (χ0v) is 23.5. The van der Waals surface area contributed by atoms with Crippen molar-refractivity contribution < 1.29 is 24.2 Å². The van der Waals surface area contributed by atoms with Gasteiger partial charge in [-0.15, -0.1) is 22.9 Å². The molecule has 0 saturated heterocycles. The van der Waals surface area contributed by atoms with Gasteiger partial charge in [-0.1, -0.05) is 39.3 Å². The number of carbonyl (C=O) groups is 2. The number of rotatable bonds is 4. The van der Waals surface area contributed by atoms with Gasteiger partial charge in [0.15, 0.2) is 11.4 Å². The number of aliphatic hydroxyl groups is 1. The lowest BCUT2D eigenvalue weighted by Gasteiger charge is -2.65. The smallest absolute Gasteiger partial charge is 0.339 e. The summed E-state index contributed by atoms with van der Waals surface area (Å²) in [5.41, 5.74) is -0.374. The SMILES string of the molecule is COC(=O)[C@@]1(OCc2sccc2C)[C@H](C)CC2C3C[C@H](C)C4=CC(=O)C=CC4(C)[C@@]3(Cl)C(O)CC21C. The molecule has 1 heterocycles. The molecule has 5 unspecified atom stereocenters. The Bertz CT molecular complexity index is 1160. The van der Waals surface area contributed by atoms with Crippen LogP contribution in [0.4, 0.5) is 0 Å². The summed E-state index contributed by atoms with van der Waals surface area (Å²) < 4.78 is 12.1. The van der Waals surface area contributed by atoms with E-state index in [1.54, 1.807) is 23.5 Å². The van der Waals surface area contributed by atoms with Gasteiger partial charge < -0.3 is 14.6 Å². The van der Waals surface area contributed by atoms with Crippen LogP contribution in [0.1, 0.15) is 57.4 Å². The lowest BCUT2D eigenvalue weighted by molar-refractivity contribution is -0.216. The van der Waals surface area contributed by atoms with Gasteiger partial charge in [-0.05, 0) is 79.0 Å². The average molecular weight is 533 g/mol. The van der Waals surface area contributed by atoms with E-state index in [1.807, 2.05) is 18.4 Å². The number of ketones is 1. The van der Waals surface area contributed by atoms with Crippen LogP contribution < -0.4 is 0 Å². The first kappa shape index (κ1) is 26.1. The number of allylic oxidation sites excluding steroid dienone is 4. The maximum atomic E-state index is 13.7. The number of aryl methyl sites for hydroxylation is 1. The van der Waals surface area contributed by atoms with Gasteiger partial charge in [0, 0.05) is 15.7 Å². The molecule has 3 fully saturated rings. The molecule has 1 aromatic heterocycles. The largest absolute Gasteiger partial charge is 0.467 e. The number of hydrogen-bond acceptors (Lipinski definition) is 6. The minimum atomic E-state index is -1.19. The summed E-state index contributed by atoms with van der Waals surface area (Å²) in [6, 6.07) is 2.06. The maximum Gasteiger partial charge on any atom is 0.339 e. The highest BCUT2D eigenvalue weighted by atomic mass is 35.5. The third kappa shape index (κ3) is 3.14. The van der Waals surface area contributed by atoms with Crippen molar-refractivity contribution in [2.75, 3.05) is 7.11 Å². The summed E-state index contributed by atoms with van der Waals surface area (Å²) in [4.78, 5) is 26.1. The fourth-order valence-corrected chi connectivity index (χ4v) is 9.91. The molecule has 36 heavy (non-hydrogen) atoms. The van der Waals surface area contributed by atoms with Crippen molar-refractivity contribution in [1.82, 2.24) is 0 Å². The molecule has 7 heteroatoms. The zero-order chi connectivity index (χ0) is 26.3. The second kappa shape index (κ2) is 8.52. The second-order valence-corrected chi connectivity index (χ2v) is 13.6. The van der Waals surface area contributed by atoms with E-state index in [1.165, 1.54) is 7.11 Å². The summed E-state index contributed by atoms with van der Waals surface area (Å²) in [6.07, 6.45) is 6.14. The number of thiophene rings is 1. The fourth-order valence-electron chi connectivity index (χ4n) is 8.60. The second-order valence-electron chi connectivity index (χ2n) is 12.0. The molecule has 0 spiro atoms. The first-order chi connectivity index (χ1) is 16.9. The van der Waals surface area contributed by atoms with Gasteiger partial charge in [0.1, 0.15) is 0 Å². The van der Waals surface area contributed by atoms with Crippen molar-refractivity contribution in [3.8, 4) is 0 Å². The van der Waals surface area contributed by atoms with E-state index in [-0.39, 0.29) is 35.4 Å². The van der Waals surface area contributed by atoms with Crippen molar-refractivity contribution in [3.63, 3.8) is 0 Å². The Balaban J connectivity index is 1.61. The Morgan fingerprint density at radius 3 is 2.61 bits per heavy atom. The normalized spacial score (nSPS) is 45.5. The predicted octanol–water partition coefficient (Wildman–Crippen LogP) is 5.62. The molecule has 0 aliphatic heterocycles. The van der Waals surface area contributed by atoms with Crippen molar-refractivity contribution in [3.05, 3.63) is 45.7 Å². The van der Waals surface area contributed by atoms with Crippen molar-refractivity contribution in [2.24, 2.45) is 34.5 Å². The third-order valence-corrected chi connectivity index (χ3v) is 12.3. The Morgan fingerprint density at radius 2 is 1.97 bits per heavy atom. The quantitative estimate of drug-likeness (QED) is 0.402. The van der Waals surface area contributed by atoms with E-state index < -0.39 is 27.4 Å². The standard InChI is InChI=1S/C29H37ClO5S/c1-16-8-10-36-23(16)15-35-29(25(33)34-6)18(3)12-21-22-11-17(2)20-13-19(31)7-9-26(20,4)28(22,30)24(32)14-27(21,29)5/h7-10,13,17-18,21-22,24,32H,11-12,14-15H2,1-6H3/t17-,18+,21?,22?,24?,26?,27?,28-,29-/m0/s1. The zero-order valence-electron chi connectivity index (χ0n) is 22.0. The molecule has 1 aromatic rings. The van der Waals surface area contributed by atoms with Crippen LogP contribution in [0.3, 0.4) is 0 Å². The molecule has 0 aromatic carbocycles. The average Bonchev–Trinajstić information content (AvgIpc) is 3.33. The molecule has 196 valence electrons. The van der Waals surface area contributed by atoms with Crippen LogP contribution >= 0.6 is 22.9 Å². The number of aliphatic hydroxyl groups excluding tert-OH is 1. The summed E-state index contributed by atoms with van der Waals surface area (Å²) in [6.45, 7) is 10.7. The first-order valence-electron chi connectivity index (χ1n) is 12.9. The lowest BCUT2D eigenvalue weighted by atomic mass is 9.44. The molecule has 4 aliphatic carbocycles. The highest BCUT2D eigenvalue weighted by Crippen LogP contribution is 2.72. The van der Waals surface area contributed by atoms with Gasteiger partial charge in [-0.25, -0.2) is 4.79 Å². The Hall–Kier alpha value is -1.47. The Kier molecular flexibility index (Phi) is 6.19. The molecule has 0 bridgehead atoms. The minimum Gasteiger partial charge on any atom is -0.467 e. The summed E-state index contributed by atoms with van der Waals surface area (Å²) in [7, 11) is 1.42. The molecule has 0 amide bonds. The maximum absolute atomic E-state index is 13.7. The minimum absolute atomic E-state index is 0.0281. The fraction of sp³-hybridized carbons (Fsp3) is 0.655. The lowest BCUT2D eigenvalue weighted by Crippen LogP contribution is -2.70. The van der Waals surface area contributed by atoms with Crippen LogP contribution in [0.2, 0.25) is 0 Å². The van der Waals surface area contributed by atoms with Gasteiger partial charge in [-0.2, -0.15) is 0 Å². The number of halogens is 1. The summed E-state index contributed by atoms with van der Waals surface area (Å²) >= 11 is 9.23. The van der Waals surface area contributed by atoms with Crippen LogP contribution in [-0.4, -0.2) is 40.5 Å². The molecule has 3 saturated carbocycles. The highest BCUT2D eigenvalue weighted by Gasteiger charge is 2.76. The van der Waals surface area contributed by atoms with E-state index in [0.29, 0.717) is 13.0 Å². The van der Waals surface area contributed by atoms with Gasteiger partial charge in [0.2, 0.25) is 0 Å². The van der Waals surface area contributed by atoms with E-state index in [4.69, 9.17) is 21.1 Å². The number of hydrogen-bond donors (Lipinski definition) is 1. The van der Waals surface area contributed by atoms with E-state index >= 15 is 0 Å². The number of esters is 1. The van der Waals surface area contributed by atoms with E-state index in [2.05, 4.69) is 33.8 Å². The Labute approximate surface area is 222 Å². The molecule has 0 radical (unpaired) electrons. The number of methoxy groups -OCH3 is 1. The van der Waals surface area contributed by atoms with Crippen molar-refractivity contribution in [1.29, 1.82) is 0 Å². The molecule has 5 rings (SSSR count). The van der Waals surface area contributed by atoms with Gasteiger partial charge >= 0.3 is 5.97 Å². The Morgan fingerprint density at radius 1 is 1.25 bits per heavy atom. The molecule has 9 atom stereocenters. The van der Waals surface area contributed by atoms with Crippen molar-refractivity contribution in [2.45, 2.75) is 77.1 Å². The predicted molar refractivity (Wildman–Crippen MR) is 141 cm³/mol. The molecule has 4 aliphatic rings. The van der Waals surface area contributed by atoms with Gasteiger partial charge in [0.05, 0.1) is 24.7 Å². The molecular formula is C29H37ClO5S. The number of fused-ring (bicyclic) bond motifs is 5. The van der Waals surface area contributed by atoms with Crippen LogP contribution in [0.25, 0.3) is 0 Å². The first-order valence-corrected chi connectivity index (χ1v) is 14.2. The number of alkyl halides is 1. The van der Waals surface area contributed by atoms with Crippen LogP contribution in [0.5, 0.6) is 0 Å². The van der Waals surface area contributed by atoms with Crippen molar-refractivity contribution >= 4 is 34.7 Å². The number of carbonyl (C=O) groups excluding carboxylic acids is 2. The van der Waals surface area contributed by atoms with Crippen LogP contribution in [-0.2, 0) is 25.7 Å². The molecule has 1 N–H and O–H groups in total. The van der Waals surface area contributed by atoms with Gasteiger partial charge in [-0.3, -0.25) is 4.79 Å².